The fourth-order valence-electron chi connectivity index (χ4n) is 1.06. The summed E-state index contributed by atoms with van der Waals surface area (Å²) in [6.07, 6.45) is 2.46. The maximum Gasteiger partial charge on any atom is 0.0954 e. The summed E-state index contributed by atoms with van der Waals surface area (Å²) in [5, 5.41) is 3.26. The van der Waals surface area contributed by atoms with E-state index in [-0.39, 0.29) is 0 Å². The van der Waals surface area contributed by atoms with E-state index in [0.29, 0.717) is 12.7 Å². The van der Waals surface area contributed by atoms with Gasteiger partial charge in [-0.1, -0.05) is 0 Å². The lowest BCUT2D eigenvalue weighted by molar-refractivity contribution is -0.324. The highest BCUT2D eigenvalue weighted by molar-refractivity contribution is 4.66. The van der Waals surface area contributed by atoms with Gasteiger partial charge in [-0.05, 0) is 32.9 Å². The molecule has 1 saturated heterocycles. The Hall–Kier alpha value is -0.120. The first-order valence-corrected chi connectivity index (χ1v) is 3.92. The molecule has 0 aromatic rings. The molecular formula is C7H15NO2. The molecule has 1 N–H and O–H groups in total. The van der Waals surface area contributed by atoms with E-state index >= 15 is 0 Å². The Morgan fingerprint density at radius 2 is 2.10 bits per heavy atom. The minimum absolute atomic E-state index is 0.321. The molecule has 0 saturated carbocycles. The van der Waals surface area contributed by atoms with Crippen LogP contribution >= 0.6 is 0 Å². The zero-order valence-corrected chi connectivity index (χ0v) is 6.43. The van der Waals surface area contributed by atoms with Crippen molar-refractivity contribution in [2.75, 3.05) is 19.7 Å². The molecule has 0 unspecified atom stereocenters. The van der Waals surface area contributed by atoms with E-state index in [4.69, 9.17) is 9.78 Å². The van der Waals surface area contributed by atoms with Gasteiger partial charge in [0.2, 0.25) is 0 Å². The lowest BCUT2D eigenvalue weighted by atomic mass is 10.1. The smallest absolute Gasteiger partial charge is 0.0954 e. The highest BCUT2D eigenvalue weighted by Gasteiger charge is 2.13. The number of rotatable bonds is 3. The maximum absolute atomic E-state index is 5.09. The molecule has 1 heterocycles. The van der Waals surface area contributed by atoms with E-state index in [2.05, 4.69) is 5.32 Å². The summed E-state index contributed by atoms with van der Waals surface area (Å²) in [6.45, 7) is 4.68. The van der Waals surface area contributed by atoms with Crippen LogP contribution in [0.25, 0.3) is 0 Å². The minimum Gasteiger partial charge on any atom is -0.317 e. The third-order valence-electron chi connectivity index (χ3n) is 1.61. The van der Waals surface area contributed by atoms with E-state index in [1.807, 2.05) is 6.92 Å². The van der Waals surface area contributed by atoms with Gasteiger partial charge in [-0.3, -0.25) is 0 Å². The Bertz CT molecular complexity index is 81.7. The fourth-order valence-corrected chi connectivity index (χ4v) is 1.06. The van der Waals surface area contributed by atoms with Gasteiger partial charge in [-0.25, -0.2) is 9.78 Å². The van der Waals surface area contributed by atoms with Gasteiger partial charge in [-0.2, -0.15) is 0 Å². The van der Waals surface area contributed by atoms with Crippen LogP contribution in [-0.4, -0.2) is 25.8 Å². The number of piperidine rings is 1. The van der Waals surface area contributed by atoms with Crippen molar-refractivity contribution in [1.29, 1.82) is 0 Å². The van der Waals surface area contributed by atoms with Crippen molar-refractivity contribution in [1.82, 2.24) is 5.32 Å². The number of hydrogen-bond acceptors (Lipinski definition) is 3. The fraction of sp³-hybridized carbons (Fsp3) is 1.00. The van der Waals surface area contributed by atoms with E-state index < -0.39 is 0 Å². The predicted molar refractivity (Wildman–Crippen MR) is 38.6 cm³/mol. The van der Waals surface area contributed by atoms with Gasteiger partial charge in [0, 0.05) is 0 Å². The van der Waals surface area contributed by atoms with E-state index in [1.54, 1.807) is 0 Å². The van der Waals surface area contributed by atoms with Crippen LogP contribution in [0.1, 0.15) is 19.8 Å². The molecule has 0 aromatic heterocycles. The van der Waals surface area contributed by atoms with Gasteiger partial charge < -0.3 is 5.32 Å². The van der Waals surface area contributed by atoms with Crippen molar-refractivity contribution in [2.24, 2.45) is 0 Å². The lowest BCUT2D eigenvalue weighted by Gasteiger charge is -2.20. The molecule has 0 atom stereocenters. The van der Waals surface area contributed by atoms with Crippen molar-refractivity contribution in [3.05, 3.63) is 0 Å². The average molecular weight is 145 g/mol. The molecule has 1 aliphatic rings. The van der Waals surface area contributed by atoms with Gasteiger partial charge in [0.15, 0.2) is 0 Å². The first kappa shape index (κ1) is 7.98. The molecule has 0 spiro atoms. The molecule has 1 aliphatic heterocycles. The van der Waals surface area contributed by atoms with Crippen LogP contribution in [0, 0.1) is 0 Å². The largest absolute Gasteiger partial charge is 0.317 e. The molecule has 60 valence electrons. The minimum atomic E-state index is 0.321. The molecule has 0 aromatic carbocycles. The van der Waals surface area contributed by atoms with E-state index in [1.165, 1.54) is 0 Å². The van der Waals surface area contributed by atoms with Crippen LogP contribution in [0.3, 0.4) is 0 Å². The summed E-state index contributed by atoms with van der Waals surface area (Å²) in [6, 6.07) is 0. The predicted octanol–water partition coefficient (Wildman–Crippen LogP) is 0.706. The van der Waals surface area contributed by atoms with Gasteiger partial charge in [0.05, 0.1) is 12.7 Å². The topological polar surface area (TPSA) is 30.5 Å². The Kier molecular flexibility index (Phi) is 3.72. The maximum atomic E-state index is 5.09. The van der Waals surface area contributed by atoms with Crippen molar-refractivity contribution in [3.63, 3.8) is 0 Å². The summed E-state index contributed by atoms with van der Waals surface area (Å²) in [7, 11) is 0. The number of nitrogens with one attached hydrogen (secondary N) is 1. The van der Waals surface area contributed by atoms with E-state index in [9.17, 15) is 0 Å². The van der Waals surface area contributed by atoms with E-state index in [0.717, 1.165) is 25.9 Å². The first-order chi connectivity index (χ1) is 4.93. The zero-order valence-electron chi connectivity index (χ0n) is 6.43. The van der Waals surface area contributed by atoms with Gasteiger partial charge in [0.1, 0.15) is 0 Å². The Morgan fingerprint density at radius 3 is 2.70 bits per heavy atom. The summed E-state index contributed by atoms with van der Waals surface area (Å²) in [5.41, 5.74) is 0. The molecule has 1 fully saturated rings. The van der Waals surface area contributed by atoms with Gasteiger partial charge in [0.25, 0.3) is 0 Å². The monoisotopic (exact) mass is 145 g/mol. The summed E-state index contributed by atoms with van der Waals surface area (Å²) >= 11 is 0. The molecule has 0 aliphatic carbocycles. The van der Waals surface area contributed by atoms with Crippen LogP contribution in [0.5, 0.6) is 0 Å². The second-order valence-corrected chi connectivity index (χ2v) is 2.45. The quantitative estimate of drug-likeness (QED) is 0.468. The van der Waals surface area contributed by atoms with Crippen LogP contribution in [-0.2, 0) is 9.78 Å². The SMILES string of the molecule is CCOOC1CCNCC1. The van der Waals surface area contributed by atoms with Crippen LogP contribution in [0.2, 0.25) is 0 Å². The Morgan fingerprint density at radius 1 is 1.40 bits per heavy atom. The summed E-state index contributed by atoms with van der Waals surface area (Å²) < 4.78 is 0. The molecule has 10 heavy (non-hydrogen) atoms. The second-order valence-electron chi connectivity index (χ2n) is 2.45. The zero-order chi connectivity index (χ0) is 7.23. The van der Waals surface area contributed by atoms with Gasteiger partial charge >= 0.3 is 0 Å². The lowest BCUT2D eigenvalue weighted by Crippen LogP contribution is -2.32. The average Bonchev–Trinajstić information content (AvgIpc) is 2.03. The van der Waals surface area contributed by atoms with Crippen LogP contribution in [0.15, 0.2) is 0 Å². The summed E-state index contributed by atoms with van der Waals surface area (Å²) in [4.78, 5) is 9.94. The molecule has 1 rings (SSSR count). The summed E-state index contributed by atoms with van der Waals surface area (Å²) in [5.74, 6) is 0. The first-order valence-electron chi connectivity index (χ1n) is 3.92. The molecule has 3 heteroatoms. The molecule has 0 radical (unpaired) electrons. The molecular weight excluding hydrogens is 130 g/mol. The van der Waals surface area contributed by atoms with Crippen molar-refractivity contribution < 1.29 is 9.78 Å². The van der Waals surface area contributed by atoms with Crippen LogP contribution in [0.4, 0.5) is 0 Å². The third-order valence-corrected chi connectivity index (χ3v) is 1.61. The van der Waals surface area contributed by atoms with Crippen LogP contribution < -0.4 is 5.32 Å². The Balaban J connectivity index is 2.02. The van der Waals surface area contributed by atoms with Crippen molar-refractivity contribution in [3.8, 4) is 0 Å². The molecule has 0 amide bonds. The van der Waals surface area contributed by atoms with Crippen molar-refractivity contribution >= 4 is 0 Å². The normalized spacial score (nSPS) is 21.3. The van der Waals surface area contributed by atoms with Crippen molar-refractivity contribution in [2.45, 2.75) is 25.9 Å². The molecule has 3 nitrogen and oxygen atoms in total. The molecule has 0 bridgehead atoms. The highest BCUT2D eigenvalue weighted by atomic mass is 17.2. The third kappa shape index (κ3) is 2.64. The highest BCUT2D eigenvalue weighted by Crippen LogP contribution is 2.06. The number of hydrogen-bond donors (Lipinski definition) is 1. The standard InChI is InChI=1S/C7H15NO2/c1-2-9-10-7-3-5-8-6-4-7/h7-8H,2-6H2,1H3. The Labute approximate surface area is 61.6 Å². The van der Waals surface area contributed by atoms with Gasteiger partial charge in [-0.15, -0.1) is 0 Å². The second kappa shape index (κ2) is 4.66.